The summed E-state index contributed by atoms with van der Waals surface area (Å²) in [5, 5.41) is 12.5. The van der Waals surface area contributed by atoms with Crippen molar-refractivity contribution in [2.45, 2.75) is 51.2 Å². The van der Waals surface area contributed by atoms with Gasteiger partial charge in [0.25, 0.3) is 0 Å². The Morgan fingerprint density at radius 2 is 2.05 bits per heavy atom. The molecule has 0 aromatic rings. The van der Waals surface area contributed by atoms with E-state index in [1.807, 2.05) is 0 Å². The van der Waals surface area contributed by atoms with Crippen LogP contribution in [0.1, 0.15) is 39.0 Å². The van der Waals surface area contributed by atoms with Crippen LogP contribution in [0.3, 0.4) is 0 Å². The van der Waals surface area contributed by atoms with Gasteiger partial charge in [0.15, 0.2) is 0 Å². The number of carbonyl (C=O) groups is 1. The smallest absolute Gasteiger partial charge is 0.317 e. The molecule has 0 aromatic carbocycles. The molecule has 0 heterocycles. The summed E-state index contributed by atoms with van der Waals surface area (Å²) in [6.07, 6.45) is 6.25. The molecule has 19 heavy (non-hydrogen) atoms. The Morgan fingerprint density at radius 3 is 2.79 bits per heavy atom. The highest BCUT2D eigenvalue weighted by molar-refractivity contribution is 5.74. The second kappa shape index (κ2) is 4.97. The van der Waals surface area contributed by atoms with Gasteiger partial charge in [-0.3, -0.25) is 0 Å². The fourth-order valence-electron chi connectivity index (χ4n) is 4.98. The minimum absolute atomic E-state index is 0.0204. The summed E-state index contributed by atoms with van der Waals surface area (Å²) in [7, 11) is 1.76. The Kier molecular flexibility index (Phi) is 3.46. The number of hydrogen-bond donors (Lipinski definition) is 2. The lowest BCUT2D eigenvalue weighted by molar-refractivity contribution is 0.136. The van der Waals surface area contributed by atoms with E-state index in [-0.39, 0.29) is 6.03 Å². The summed E-state index contributed by atoms with van der Waals surface area (Å²) < 4.78 is 0. The maximum absolute atomic E-state index is 12.1. The maximum atomic E-state index is 12.1. The van der Waals surface area contributed by atoms with Gasteiger partial charge in [0.05, 0.1) is 6.10 Å². The molecule has 2 amide bonds. The van der Waals surface area contributed by atoms with E-state index in [4.69, 9.17) is 0 Å². The van der Waals surface area contributed by atoms with Gasteiger partial charge >= 0.3 is 6.03 Å². The minimum Gasteiger partial charge on any atom is -0.392 e. The molecule has 3 rings (SSSR count). The van der Waals surface area contributed by atoms with E-state index in [1.165, 1.54) is 32.1 Å². The number of likely N-dealkylation sites (N-methyl/N-ethyl adjacent to an activating group) is 1. The summed E-state index contributed by atoms with van der Waals surface area (Å²) in [6.45, 7) is 2.11. The number of rotatable bonds is 3. The second-order valence-corrected chi connectivity index (χ2v) is 6.94. The summed E-state index contributed by atoms with van der Waals surface area (Å²) >= 11 is 0. The molecule has 0 aromatic heterocycles. The third-order valence-corrected chi connectivity index (χ3v) is 5.62. The lowest BCUT2D eigenvalue weighted by Crippen LogP contribution is -2.48. The summed E-state index contributed by atoms with van der Waals surface area (Å²) in [6, 6.07) is 0.362. The number of aliphatic hydroxyl groups excluding tert-OH is 1. The zero-order valence-corrected chi connectivity index (χ0v) is 12.0. The van der Waals surface area contributed by atoms with Crippen LogP contribution in [0.2, 0.25) is 0 Å². The van der Waals surface area contributed by atoms with Gasteiger partial charge in [-0.1, -0.05) is 6.42 Å². The number of fused-ring (bicyclic) bond motifs is 5. The van der Waals surface area contributed by atoms with Crippen LogP contribution in [0, 0.1) is 23.7 Å². The second-order valence-electron chi connectivity index (χ2n) is 6.94. The van der Waals surface area contributed by atoms with Crippen LogP contribution < -0.4 is 5.32 Å². The highest BCUT2D eigenvalue weighted by Gasteiger charge is 2.54. The van der Waals surface area contributed by atoms with Crippen molar-refractivity contribution in [2.24, 2.45) is 23.7 Å². The number of nitrogens with zero attached hydrogens (tertiary/aromatic N) is 1. The molecule has 0 saturated heterocycles. The number of urea groups is 1. The van der Waals surface area contributed by atoms with Crippen LogP contribution in [0.4, 0.5) is 4.79 Å². The third-order valence-electron chi connectivity index (χ3n) is 5.62. The van der Waals surface area contributed by atoms with Crippen molar-refractivity contribution in [3.8, 4) is 0 Å². The van der Waals surface area contributed by atoms with Gasteiger partial charge in [-0.2, -0.15) is 0 Å². The van der Waals surface area contributed by atoms with Gasteiger partial charge in [-0.15, -0.1) is 0 Å². The van der Waals surface area contributed by atoms with Crippen LogP contribution in [0.5, 0.6) is 0 Å². The first kappa shape index (κ1) is 13.2. The van der Waals surface area contributed by atoms with E-state index >= 15 is 0 Å². The van der Waals surface area contributed by atoms with Crippen molar-refractivity contribution >= 4 is 6.03 Å². The van der Waals surface area contributed by atoms with Gasteiger partial charge in [0.2, 0.25) is 0 Å². The number of nitrogens with one attached hydrogen (secondary N) is 1. The van der Waals surface area contributed by atoms with Crippen molar-refractivity contribution in [1.82, 2.24) is 10.2 Å². The van der Waals surface area contributed by atoms with E-state index in [0.717, 1.165) is 23.7 Å². The molecule has 3 aliphatic carbocycles. The molecule has 6 atom stereocenters. The van der Waals surface area contributed by atoms with E-state index in [0.29, 0.717) is 12.6 Å². The standard InChI is InChI=1S/C15H26N2O2/c1-9(18)8-17(2)15(19)16-14-7-10-6-13(14)12-5-3-4-11(10)12/h9-14,18H,3-8H2,1-2H3,(H,16,19). The molecule has 2 N–H and O–H groups in total. The summed E-state index contributed by atoms with van der Waals surface area (Å²) in [5.41, 5.74) is 0. The van der Waals surface area contributed by atoms with Gasteiger partial charge in [0, 0.05) is 19.6 Å². The van der Waals surface area contributed by atoms with Crippen molar-refractivity contribution < 1.29 is 9.90 Å². The number of hydrogen-bond acceptors (Lipinski definition) is 2. The number of aliphatic hydroxyl groups is 1. The van der Waals surface area contributed by atoms with Crippen LogP contribution in [0.15, 0.2) is 0 Å². The highest BCUT2D eigenvalue weighted by atomic mass is 16.3. The largest absolute Gasteiger partial charge is 0.392 e. The van der Waals surface area contributed by atoms with Crippen LogP contribution in [-0.2, 0) is 0 Å². The zero-order chi connectivity index (χ0) is 13.6. The first-order chi connectivity index (χ1) is 9.06. The molecule has 3 aliphatic rings. The van der Waals surface area contributed by atoms with Gasteiger partial charge in [-0.25, -0.2) is 4.79 Å². The molecule has 0 spiro atoms. The Bertz CT molecular complexity index is 358. The Labute approximate surface area is 115 Å². The average molecular weight is 266 g/mol. The molecule has 108 valence electrons. The molecule has 3 fully saturated rings. The number of amides is 2. The molecule has 0 radical (unpaired) electrons. The van der Waals surface area contributed by atoms with E-state index in [2.05, 4.69) is 5.32 Å². The first-order valence-corrected chi connectivity index (χ1v) is 7.76. The summed E-state index contributed by atoms with van der Waals surface area (Å²) in [5.74, 6) is 3.44. The Hall–Kier alpha value is -0.770. The van der Waals surface area contributed by atoms with Crippen molar-refractivity contribution in [1.29, 1.82) is 0 Å². The average Bonchev–Trinajstić information content (AvgIpc) is 2.98. The molecule has 2 bridgehead atoms. The fourth-order valence-corrected chi connectivity index (χ4v) is 4.98. The maximum Gasteiger partial charge on any atom is 0.317 e. The van der Waals surface area contributed by atoms with Crippen LogP contribution in [0.25, 0.3) is 0 Å². The lowest BCUT2D eigenvalue weighted by Gasteiger charge is -2.33. The van der Waals surface area contributed by atoms with Crippen LogP contribution in [-0.4, -0.2) is 41.8 Å². The monoisotopic (exact) mass is 266 g/mol. The molecule has 6 unspecified atom stereocenters. The van der Waals surface area contributed by atoms with Gasteiger partial charge in [-0.05, 0) is 56.3 Å². The normalized spacial score (nSPS) is 41.1. The van der Waals surface area contributed by atoms with Crippen LogP contribution >= 0.6 is 0 Å². The lowest BCUT2D eigenvalue weighted by atomic mass is 9.79. The molecule has 4 nitrogen and oxygen atoms in total. The predicted octanol–water partition coefficient (Wildman–Crippen LogP) is 1.83. The molecule has 4 heteroatoms. The molecule has 3 saturated carbocycles. The topological polar surface area (TPSA) is 52.6 Å². The van der Waals surface area contributed by atoms with E-state index in [1.54, 1.807) is 18.9 Å². The fraction of sp³-hybridized carbons (Fsp3) is 0.933. The summed E-state index contributed by atoms with van der Waals surface area (Å²) in [4.78, 5) is 13.7. The zero-order valence-electron chi connectivity index (χ0n) is 12.0. The minimum atomic E-state index is -0.463. The Morgan fingerprint density at radius 1 is 1.32 bits per heavy atom. The first-order valence-electron chi connectivity index (χ1n) is 7.76. The van der Waals surface area contributed by atoms with Gasteiger partial charge in [0.1, 0.15) is 0 Å². The van der Waals surface area contributed by atoms with Crippen molar-refractivity contribution in [2.75, 3.05) is 13.6 Å². The molecule has 0 aliphatic heterocycles. The van der Waals surface area contributed by atoms with Gasteiger partial charge < -0.3 is 15.3 Å². The SMILES string of the molecule is CC(O)CN(C)C(=O)NC1CC2CC1C1CCCC21. The number of carbonyl (C=O) groups excluding carboxylic acids is 1. The highest BCUT2D eigenvalue weighted by Crippen LogP contribution is 2.58. The van der Waals surface area contributed by atoms with Crippen molar-refractivity contribution in [3.63, 3.8) is 0 Å². The quantitative estimate of drug-likeness (QED) is 0.819. The third kappa shape index (κ3) is 2.35. The Balaban J connectivity index is 1.56. The predicted molar refractivity (Wildman–Crippen MR) is 73.7 cm³/mol. The van der Waals surface area contributed by atoms with E-state index in [9.17, 15) is 9.90 Å². The molecular weight excluding hydrogens is 240 g/mol. The van der Waals surface area contributed by atoms with Crippen molar-refractivity contribution in [3.05, 3.63) is 0 Å². The molecular formula is C15H26N2O2. The van der Waals surface area contributed by atoms with E-state index < -0.39 is 6.10 Å².